The summed E-state index contributed by atoms with van der Waals surface area (Å²) in [6.45, 7) is 0. The average molecular weight is 713 g/mol. The number of nitrogens with one attached hydrogen (secondary N) is 1. The Morgan fingerprint density at radius 1 is 0.286 bits per heavy atom. The third-order valence-corrected chi connectivity index (χ3v) is 11.3. The van der Waals surface area contributed by atoms with Gasteiger partial charge in [0.05, 0.1) is 11.0 Å². The van der Waals surface area contributed by atoms with E-state index >= 15 is 0 Å². The van der Waals surface area contributed by atoms with Crippen LogP contribution in [0.3, 0.4) is 0 Å². The van der Waals surface area contributed by atoms with Crippen LogP contribution >= 0.6 is 0 Å². The Balaban J connectivity index is 1.03. The SMILES string of the molecule is c1ccc(Nc2ccccc2-c2cccc(-c3ccc4c5ccccc5n(-c5cccc(-c6ccc7c8ccccc8c8ccccc8c7c6)c5)c4c3)c2)cc1. The van der Waals surface area contributed by atoms with E-state index in [-0.39, 0.29) is 0 Å². The normalized spacial score (nSPS) is 11.6. The van der Waals surface area contributed by atoms with Crippen molar-refractivity contribution in [3.8, 4) is 39.1 Å². The molecule has 0 aliphatic rings. The molecular weight excluding hydrogens is 677 g/mol. The van der Waals surface area contributed by atoms with Crippen LogP contribution in [-0.2, 0) is 0 Å². The molecule has 11 rings (SSSR count). The molecule has 0 radical (unpaired) electrons. The van der Waals surface area contributed by atoms with E-state index in [1.165, 1.54) is 87.5 Å². The van der Waals surface area contributed by atoms with Gasteiger partial charge in [0.25, 0.3) is 0 Å². The first kappa shape index (κ1) is 32.0. The van der Waals surface area contributed by atoms with Crippen molar-refractivity contribution in [3.05, 3.63) is 212 Å². The largest absolute Gasteiger partial charge is 0.355 e. The highest BCUT2D eigenvalue weighted by Gasteiger charge is 2.16. The molecule has 0 saturated heterocycles. The van der Waals surface area contributed by atoms with Crippen LogP contribution in [0.15, 0.2) is 212 Å². The van der Waals surface area contributed by atoms with E-state index in [1.54, 1.807) is 0 Å². The number of fused-ring (bicyclic) bond motifs is 9. The summed E-state index contributed by atoms with van der Waals surface area (Å²) in [7, 11) is 0. The second kappa shape index (κ2) is 13.2. The second-order valence-electron chi connectivity index (χ2n) is 14.6. The van der Waals surface area contributed by atoms with E-state index in [4.69, 9.17) is 0 Å². The van der Waals surface area contributed by atoms with Crippen LogP contribution in [0.4, 0.5) is 11.4 Å². The van der Waals surface area contributed by atoms with Gasteiger partial charge in [0.15, 0.2) is 0 Å². The van der Waals surface area contributed by atoms with Gasteiger partial charge < -0.3 is 9.88 Å². The highest BCUT2D eigenvalue weighted by molar-refractivity contribution is 6.25. The zero-order chi connectivity index (χ0) is 37.0. The summed E-state index contributed by atoms with van der Waals surface area (Å²) in [5, 5.41) is 13.9. The minimum Gasteiger partial charge on any atom is -0.355 e. The zero-order valence-corrected chi connectivity index (χ0v) is 30.7. The van der Waals surface area contributed by atoms with Gasteiger partial charge in [-0.05, 0) is 115 Å². The lowest BCUT2D eigenvalue weighted by molar-refractivity contribution is 1.18. The Morgan fingerprint density at radius 3 is 1.57 bits per heavy atom. The fourth-order valence-corrected chi connectivity index (χ4v) is 8.73. The number of aromatic nitrogens is 1. The smallest absolute Gasteiger partial charge is 0.0547 e. The number of anilines is 2. The fourth-order valence-electron chi connectivity index (χ4n) is 8.73. The summed E-state index contributed by atoms with van der Waals surface area (Å²) >= 11 is 0. The minimum absolute atomic E-state index is 1.07. The van der Waals surface area contributed by atoms with E-state index in [0.29, 0.717) is 0 Å². The molecule has 2 heteroatoms. The van der Waals surface area contributed by atoms with Gasteiger partial charge in [-0.25, -0.2) is 0 Å². The second-order valence-corrected chi connectivity index (χ2v) is 14.6. The maximum absolute atomic E-state index is 3.63. The maximum atomic E-state index is 3.63. The molecule has 0 aliphatic heterocycles. The first-order valence-corrected chi connectivity index (χ1v) is 19.3. The molecule has 0 saturated carbocycles. The third kappa shape index (κ3) is 5.34. The fraction of sp³-hybridized carbons (Fsp3) is 0. The standard InChI is InChI=1S/C54H36N2/c1-2-17-41(18-3-1)55-52-26-10-8-20-43(52)40-16-12-14-36(32-40)39-29-31-50-49-25-9-11-27-53(49)56(54(50)35-39)42-19-13-15-37(33-42)38-28-30-48-46-23-5-4-21-44(46)45-22-6-7-24-47(45)51(48)34-38/h1-35,55H. The van der Waals surface area contributed by atoms with Crippen molar-refractivity contribution in [2.45, 2.75) is 0 Å². The van der Waals surface area contributed by atoms with E-state index in [9.17, 15) is 0 Å². The highest BCUT2D eigenvalue weighted by atomic mass is 15.0. The monoisotopic (exact) mass is 712 g/mol. The van der Waals surface area contributed by atoms with Gasteiger partial charge in [0.1, 0.15) is 0 Å². The topological polar surface area (TPSA) is 17.0 Å². The molecule has 1 N–H and O–H groups in total. The van der Waals surface area contributed by atoms with Crippen LogP contribution in [0.2, 0.25) is 0 Å². The molecule has 11 aromatic rings. The van der Waals surface area contributed by atoms with Crippen molar-refractivity contribution >= 4 is 65.5 Å². The van der Waals surface area contributed by atoms with Crippen molar-refractivity contribution in [2.24, 2.45) is 0 Å². The zero-order valence-electron chi connectivity index (χ0n) is 30.7. The van der Waals surface area contributed by atoms with Gasteiger partial charge in [-0.1, -0.05) is 158 Å². The van der Waals surface area contributed by atoms with Gasteiger partial charge in [0, 0.05) is 33.4 Å². The molecular formula is C54H36N2. The van der Waals surface area contributed by atoms with Gasteiger partial charge in [-0.15, -0.1) is 0 Å². The Hall–Kier alpha value is -7.42. The first-order valence-electron chi connectivity index (χ1n) is 19.3. The molecule has 1 heterocycles. The number of para-hydroxylation sites is 3. The van der Waals surface area contributed by atoms with Crippen LogP contribution in [0, 0.1) is 0 Å². The van der Waals surface area contributed by atoms with Gasteiger partial charge in [-0.2, -0.15) is 0 Å². The Bertz CT molecular complexity index is 3250. The molecule has 0 bridgehead atoms. The highest BCUT2D eigenvalue weighted by Crippen LogP contribution is 2.40. The average Bonchev–Trinajstić information content (AvgIpc) is 3.61. The molecule has 0 amide bonds. The van der Waals surface area contributed by atoms with Crippen LogP contribution < -0.4 is 5.32 Å². The van der Waals surface area contributed by atoms with Gasteiger partial charge in [-0.3, -0.25) is 0 Å². The summed E-state index contributed by atoms with van der Waals surface area (Å²) in [4.78, 5) is 0. The summed E-state index contributed by atoms with van der Waals surface area (Å²) in [6.07, 6.45) is 0. The van der Waals surface area contributed by atoms with E-state index < -0.39 is 0 Å². The van der Waals surface area contributed by atoms with Crippen LogP contribution in [0.25, 0.3) is 93.2 Å². The van der Waals surface area contributed by atoms with Gasteiger partial charge in [0.2, 0.25) is 0 Å². The van der Waals surface area contributed by atoms with E-state index in [0.717, 1.165) is 17.1 Å². The number of hydrogen-bond donors (Lipinski definition) is 1. The van der Waals surface area contributed by atoms with Gasteiger partial charge >= 0.3 is 0 Å². The molecule has 0 spiro atoms. The summed E-state index contributed by atoms with van der Waals surface area (Å²) in [5.74, 6) is 0. The quantitative estimate of drug-likeness (QED) is 0.170. The lowest BCUT2D eigenvalue weighted by Crippen LogP contribution is -1.95. The van der Waals surface area contributed by atoms with Crippen LogP contribution in [0.5, 0.6) is 0 Å². The van der Waals surface area contributed by atoms with E-state index in [2.05, 4.69) is 216 Å². The Labute approximate surface area is 325 Å². The number of hydrogen-bond acceptors (Lipinski definition) is 1. The van der Waals surface area contributed by atoms with Crippen LogP contribution in [-0.4, -0.2) is 4.57 Å². The number of nitrogens with zero attached hydrogens (tertiary/aromatic N) is 1. The molecule has 0 aliphatic carbocycles. The maximum Gasteiger partial charge on any atom is 0.0547 e. The molecule has 262 valence electrons. The van der Waals surface area contributed by atoms with Crippen molar-refractivity contribution in [2.75, 3.05) is 5.32 Å². The lowest BCUT2D eigenvalue weighted by atomic mass is 9.92. The summed E-state index contributed by atoms with van der Waals surface area (Å²) < 4.78 is 2.44. The predicted octanol–water partition coefficient (Wildman–Crippen LogP) is 15.0. The Morgan fingerprint density at radius 2 is 0.804 bits per heavy atom. The minimum atomic E-state index is 1.07. The third-order valence-electron chi connectivity index (χ3n) is 11.3. The van der Waals surface area contributed by atoms with Crippen molar-refractivity contribution < 1.29 is 0 Å². The molecule has 10 aromatic carbocycles. The van der Waals surface area contributed by atoms with Crippen molar-refractivity contribution in [1.82, 2.24) is 4.57 Å². The summed E-state index contributed by atoms with van der Waals surface area (Å²) in [6, 6.07) is 77.1. The Kier molecular flexibility index (Phi) is 7.53. The summed E-state index contributed by atoms with van der Waals surface area (Å²) in [5.41, 5.74) is 12.8. The number of benzene rings is 10. The number of rotatable bonds is 6. The molecule has 0 fully saturated rings. The molecule has 56 heavy (non-hydrogen) atoms. The van der Waals surface area contributed by atoms with Crippen molar-refractivity contribution in [3.63, 3.8) is 0 Å². The van der Waals surface area contributed by atoms with Crippen molar-refractivity contribution in [1.29, 1.82) is 0 Å². The van der Waals surface area contributed by atoms with Crippen LogP contribution in [0.1, 0.15) is 0 Å². The molecule has 1 aromatic heterocycles. The lowest BCUT2D eigenvalue weighted by Gasteiger charge is -2.14. The van der Waals surface area contributed by atoms with E-state index in [1.807, 2.05) is 6.07 Å². The predicted molar refractivity (Wildman–Crippen MR) is 239 cm³/mol. The molecule has 0 unspecified atom stereocenters. The molecule has 0 atom stereocenters. The first-order chi connectivity index (χ1) is 27.8. The molecule has 2 nitrogen and oxygen atoms in total.